The molecular formula is C24H25Cl2N3O2S. The van der Waals surface area contributed by atoms with Gasteiger partial charge in [-0.05, 0) is 62.2 Å². The predicted octanol–water partition coefficient (Wildman–Crippen LogP) is 5.77. The van der Waals surface area contributed by atoms with E-state index in [4.69, 9.17) is 27.9 Å². The number of rotatable bonds is 7. The van der Waals surface area contributed by atoms with Crippen LogP contribution < -0.4 is 10.1 Å². The highest BCUT2D eigenvalue weighted by atomic mass is 35.5. The largest absolute Gasteiger partial charge is 0.495 e. The maximum atomic E-state index is 12.5. The molecule has 0 radical (unpaired) electrons. The Morgan fingerprint density at radius 3 is 2.66 bits per heavy atom. The normalized spacial score (nSPS) is 15.0. The van der Waals surface area contributed by atoms with Crippen molar-refractivity contribution < 1.29 is 9.53 Å². The molecule has 2 heterocycles. The number of nitrogens with zero attached hydrogens (tertiary/aromatic N) is 2. The van der Waals surface area contributed by atoms with Crippen LogP contribution in [-0.4, -0.2) is 42.5 Å². The molecule has 0 saturated carbocycles. The quantitative estimate of drug-likeness (QED) is 0.457. The summed E-state index contributed by atoms with van der Waals surface area (Å²) in [7, 11) is 1.54. The van der Waals surface area contributed by atoms with E-state index < -0.39 is 0 Å². The molecule has 168 valence electrons. The molecule has 2 aromatic carbocycles. The van der Waals surface area contributed by atoms with Gasteiger partial charge in [0, 0.05) is 40.3 Å². The molecule has 4 rings (SSSR count). The zero-order valence-corrected chi connectivity index (χ0v) is 20.1. The highest BCUT2D eigenvalue weighted by Gasteiger charge is 2.21. The van der Waals surface area contributed by atoms with Gasteiger partial charge in [0.05, 0.1) is 12.1 Å². The van der Waals surface area contributed by atoms with Gasteiger partial charge < -0.3 is 10.1 Å². The molecule has 32 heavy (non-hydrogen) atoms. The summed E-state index contributed by atoms with van der Waals surface area (Å²) in [6.45, 7) is 3.63. The number of ether oxygens (including phenoxy) is 1. The predicted molar refractivity (Wildman–Crippen MR) is 131 cm³/mol. The summed E-state index contributed by atoms with van der Waals surface area (Å²) in [5.74, 6) is 0.896. The summed E-state index contributed by atoms with van der Waals surface area (Å²) in [6, 6.07) is 12.9. The molecule has 1 aliphatic heterocycles. The molecule has 0 spiro atoms. The molecule has 0 bridgehead atoms. The molecule has 1 amide bonds. The first-order chi connectivity index (χ1) is 15.5. The number of benzene rings is 2. The molecule has 5 nitrogen and oxygen atoms in total. The fraction of sp³-hybridized carbons (Fsp3) is 0.333. The van der Waals surface area contributed by atoms with Crippen LogP contribution >= 0.6 is 34.5 Å². The van der Waals surface area contributed by atoms with E-state index in [1.54, 1.807) is 36.6 Å². The van der Waals surface area contributed by atoms with Crippen molar-refractivity contribution in [3.05, 3.63) is 69.1 Å². The third kappa shape index (κ3) is 5.81. The Morgan fingerprint density at radius 2 is 1.94 bits per heavy atom. The van der Waals surface area contributed by atoms with Gasteiger partial charge in [-0.1, -0.05) is 35.3 Å². The molecule has 1 saturated heterocycles. The maximum absolute atomic E-state index is 12.5. The molecule has 0 aliphatic carbocycles. The molecular weight excluding hydrogens is 465 g/mol. The number of methoxy groups -OCH3 is 1. The van der Waals surface area contributed by atoms with Crippen molar-refractivity contribution in [3.8, 4) is 16.3 Å². The molecule has 0 unspecified atom stereocenters. The van der Waals surface area contributed by atoms with Crippen LogP contribution in [0.15, 0.2) is 48.7 Å². The number of hydrogen-bond acceptors (Lipinski definition) is 5. The number of amides is 1. The summed E-state index contributed by atoms with van der Waals surface area (Å²) in [6.07, 6.45) is 4.10. The summed E-state index contributed by atoms with van der Waals surface area (Å²) >= 11 is 13.7. The Kier molecular flexibility index (Phi) is 7.68. The number of halogens is 2. The monoisotopic (exact) mass is 489 g/mol. The van der Waals surface area contributed by atoms with Crippen LogP contribution in [0.2, 0.25) is 10.0 Å². The van der Waals surface area contributed by atoms with E-state index in [0.29, 0.717) is 28.8 Å². The van der Waals surface area contributed by atoms with E-state index in [1.165, 1.54) is 4.88 Å². The highest BCUT2D eigenvalue weighted by molar-refractivity contribution is 7.15. The third-order valence-corrected chi connectivity index (χ3v) is 7.29. The number of thiazole rings is 1. The molecule has 1 N–H and O–H groups in total. The van der Waals surface area contributed by atoms with E-state index >= 15 is 0 Å². The van der Waals surface area contributed by atoms with E-state index in [2.05, 4.69) is 15.2 Å². The van der Waals surface area contributed by atoms with Crippen LogP contribution in [0.4, 0.5) is 0 Å². The van der Waals surface area contributed by atoms with Gasteiger partial charge in [0.1, 0.15) is 10.8 Å². The van der Waals surface area contributed by atoms with Crippen LogP contribution in [0.25, 0.3) is 10.6 Å². The summed E-state index contributed by atoms with van der Waals surface area (Å²) in [5.41, 5.74) is 1.66. The minimum absolute atomic E-state index is 0.0956. The van der Waals surface area contributed by atoms with Crippen molar-refractivity contribution in [3.63, 3.8) is 0 Å². The second kappa shape index (κ2) is 10.7. The van der Waals surface area contributed by atoms with Crippen molar-refractivity contribution in [2.45, 2.75) is 19.4 Å². The van der Waals surface area contributed by atoms with Gasteiger partial charge in [0.15, 0.2) is 0 Å². The fourth-order valence-electron chi connectivity index (χ4n) is 3.82. The number of aromatic nitrogens is 1. The summed E-state index contributed by atoms with van der Waals surface area (Å²) in [4.78, 5) is 20.8. The molecule has 1 fully saturated rings. The Bertz CT molecular complexity index is 1060. The van der Waals surface area contributed by atoms with E-state index in [0.717, 1.165) is 48.1 Å². The van der Waals surface area contributed by atoms with Crippen molar-refractivity contribution in [1.29, 1.82) is 0 Å². The van der Waals surface area contributed by atoms with Gasteiger partial charge >= 0.3 is 0 Å². The topological polar surface area (TPSA) is 54.5 Å². The smallest absolute Gasteiger partial charge is 0.251 e. The van der Waals surface area contributed by atoms with Crippen LogP contribution in [0.1, 0.15) is 28.1 Å². The average molecular weight is 490 g/mol. The Labute approximate surface area is 202 Å². The average Bonchev–Trinajstić information content (AvgIpc) is 3.27. The molecule has 0 atom stereocenters. The lowest BCUT2D eigenvalue weighted by atomic mass is 9.96. The van der Waals surface area contributed by atoms with E-state index in [-0.39, 0.29) is 5.91 Å². The Hall–Kier alpha value is -2.12. The number of likely N-dealkylation sites (tertiary alicyclic amines) is 1. The highest BCUT2D eigenvalue weighted by Crippen LogP contribution is 2.28. The third-order valence-electron chi connectivity index (χ3n) is 5.70. The first-order valence-electron chi connectivity index (χ1n) is 10.6. The van der Waals surface area contributed by atoms with Gasteiger partial charge in [0.25, 0.3) is 5.91 Å². The second-order valence-corrected chi connectivity index (χ2v) is 9.88. The lowest BCUT2D eigenvalue weighted by Crippen LogP contribution is -2.38. The van der Waals surface area contributed by atoms with Crippen molar-refractivity contribution in [1.82, 2.24) is 15.2 Å². The fourth-order valence-corrected chi connectivity index (χ4v) is 5.10. The molecule has 8 heteroatoms. The van der Waals surface area contributed by atoms with Crippen molar-refractivity contribution in [2.75, 3.05) is 26.7 Å². The van der Waals surface area contributed by atoms with E-state index in [9.17, 15) is 4.79 Å². The molecule has 1 aliphatic rings. The Balaban J connectivity index is 1.23. The number of carbonyl (C=O) groups excluding carboxylic acids is 1. The van der Waals surface area contributed by atoms with Gasteiger partial charge in [-0.15, -0.1) is 11.3 Å². The lowest BCUT2D eigenvalue weighted by Gasteiger charge is -2.31. The van der Waals surface area contributed by atoms with Crippen LogP contribution in [0.5, 0.6) is 5.75 Å². The lowest BCUT2D eigenvalue weighted by molar-refractivity contribution is 0.0935. The number of carbonyl (C=O) groups is 1. The number of hydrogen-bond donors (Lipinski definition) is 1. The second-order valence-electron chi connectivity index (χ2n) is 7.92. The number of piperidine rings is 1. The molecule has 3 aromatic rings. The standard InChI is InChI=1S/C24H25Cl2N3O2S/c1-31-22-12-18(4-7-21(22)26)23(30)27-13-16-8-10-29(11-9-16)15-20-14-28-24(32-20)17-2-5-19(25)6-3-17/h2-7,12,14,16H,8-11,13,15H2,1H3,(H,27,30). The first-order valence-corrected chi connectivity index (χ1v) is 12.1. The van der Waals surface area contributed by atoms with Gasteiger partial charge in [-0.2, -0.15) is 0 Å². The van der Waals surface area contributed by atoms with Gasteiger partial charge in [0.2, 0.25) is 0 Å². The zero-order chi connectivity index (χ0) is 22.5. The molecule has 1 aromatic heterocycles. The minimum Gasteiger partial charge on any atom is -0.495 e. The van der Waals surface area contributed by atoms with Crippen molar-refractivity contribution in [2.24, 2.45) is 5.92 Å². The van der Waals surface area contributed by atoms with Gasteiger partial charge in [-0.3, -0.25) is 9.69 Å². The summed E-state index contributed by atoms with van der Waals surface area (Å²) in [5, 5.41) is 5.31. The SMILES string of the molecule is COc1cc(C(=O)NCC2CCN(Cc3cnc(-c4ccc(Cl)cc4)s3)CC2)ccc1Cl. The Morgan fingerprint density at radius 1 is 1.19 bits per heavy atom. The summed E-state index contributed by atoms with van der Waals surface area (Å²) < 4.78 is 5.20. The van der Waals surface area contributed by atoms with E-state index in [1.807, 2.05) is 30.5 Å². The maximum Gasteiger partial charge on any atom is 0.251 e. The van der Waals surface area contributed by atoms with Crippen LogP contribution in [0, 0.1) is 5.92 Å². The van der Waals surface area contributed by atoms with Gasteiger partial charge in [-0.25, -0.2) is 4.98 Å². The van der Waals surface area contributed by atoms with Crippen LogP contribution in [0.3, 0.4) is 0 Å². The first kappa shape index (κ1) is 23.1. The zero-order valence-electron chi connectivity index (χ0n) is 17.8. The van der Waals surface area contributed by atoms with Crippen molar-refractivity contribution >= 4 is 40.4 Å². The number of nitrogens with one attached hydrogen (secondary N) is 1. The minimum atomic E-state index is -0.0956. The van der Waals surface area contributed by atoms with Crippen LogP contribution in [-0.2, 0) is 6.54 Å².